The largest absolute Gasteiger partial charge is 0.388 e. The van der Waals surface area contributed by atoms with Crippen LogP contribution in [0.15, 0.2) is 18.2 Å². The van der Waals surface area contributed by atoms with E-state index in [1.54, 1.807) is 6.07 Å². The van der Waals surface area contributed by atoms with Crippen LogP contribution < -0.4 is 5.73 Å². The van der Waals surface area contributed by atoms with Gasteiger partial charge in [0.1, 0.15) is 5.82 Å². The minimum Gasteiger partial charge on any atom is -0.388 e. The van der Waals surface area contributed by atoms with Gasteiger partial charge in [0.2, 0.25) is 0 Å². The molecule has 0 heterocycles. The third-order valence-electron chi connectivity index (χ3n) is 3.13. The molecule has 0 spiro atoms. The predicted octanol–water partition coefficient (Wildman–Crippen LogP) is 2.89. The van der Waals surface area contributed by atoms with Crippen molar-refractivity contribution in [3.8, 4) is 0 Å². The Morgan fingerprint density at radius 1 is 1.50 bits per heavy atom. The first-order valence-electron chi connectivity index (χ1n) is 5.27. The lowest BCUT2D eigenvalue weighted by atomic mass is 9.78. The highest BCUT2D eigenvalue weighted by Crippen LogP contribution is 2.36. The minimum absolute atomic E-state index is 0.282. The monoisotopic (exact) mass is 245 g/mol. The van der Waals surface area contributed by atoms with Crippen LogP contribution in [0.1, 0.15) is 31.9 Å². The molecule has 2 atom stereocenters. The van der Waals surface area contributed by atoms with Crippen LogP contribution >= 0.6 is 11.6 Å². The van der Waals surface area contributed by atoms with Crippen molar-refractivity contribution in [1.29, 1.82) is 0 Å². The van der Waals surface area contributed by atoms with Crippen LogP contribution in [0.25, 0.3) is 0 Å². The number of benzene rings is 1. The van der Waals surface area contributed by atoms with E-state index >= 15 is 0 Å². The van der Waals surface area contributed by atoms with Crippen LogP contribution in [0.3, 0.4) is 0 Å². The third-order valence-corrected chi connectivity index (χ3v) is 3.35. The van der Waals surface area contributed by atoms with E-state index in [0.717, 1.165) is 0 Å². The van der Waals surface area contributed by atoms with Crippen molar-refractivity contribution in [3.05, 3.63) is 34.6 Å². The number of rotatable bonds is 4. The summed E-state index contributed by atoms with van der Waals surface area (Å²) in [5.74, 6) is -0.447. The maximum atomic E-state index is 13.2. The molecule has 0 aromatic heterocycles. The zero-order chi connectivity index (χ0) is 12.3. The molecular weight excluding hydrogens is 229 g/mol. The summed E-state index contributed by atoms with van der Waals surface area (Å²) in [4.78, 5) is 0. The first-order valence-corrected chi connectivity index (χ1v) is 5.65. The fraction of sp³-hybridized carbons (Fsp3) is 0.500. The molecular formula is C12H17ClFNO. The van der Waals surface area contributed by atoms with Crippen LogP contribution in [-0.2, 0) is 0 Å². The molecule has 0 bridgehead atoms. The van der Waals surface area contributed by atoms with Gasteiger partial charge in [0.15, 0.2) is 0 Å². The molecule has 2 nitrogen and oxygen atoms in total. The number of aliphatic hydroxyl groups is 1. The van der Waals surface area contributed by atoms with Gasteiger partial charge in [0.25, 0.3) is 0 Å². The van der Waals surface area contributed by atoms with Gasteiger partial charge in [-0.2, -0.15) is 0 Å². The van der Waals surface area contributed by atoms with Gasteiger partial charge in [0.05, 0.1) is 6.10 Å². The standard InChI is InChI=1S/C12H17ClFNO/c1-3-12(2,7-15)11(16)8-4-9(13)6-10(14)5-8/h4-6,11,16H,3,7,15H2,1-2H3. The van der Waals surface area contributed by atoms with Gasteiger partial charge in [-0.1, -0.05) is 25.4 Å². The summed E-state index contributed by atoms with van der Waals surface area (Å²) in [6, 6.07) is 4.07. The molecule has 1 rings (SSSR count). The molecule has 1 aromatic carbocycles. The number of hydrogen-bond donors (Lipinski definition) is 2. The summed E-state index contributed by atoms with van der Waals surface area (Å²) in [7, 11) is 0. The van der Waals surface area contributed by atoms with Crippen molar-refractivity contribution in [2.24, 2.45) is 11.1 Å². The Morgan fingerprint density at radius 2 is 2.12 bits per heavy atom. The highest BCUT2D eigenvalue weighted by atomic mass is 35.5. The van der Waals surface area contributed by atoms with Crippen molar-refractivity contribution in [2.45, 2.75) is 26.4 Å². The summed E-state index contributed by atoms with van der Waals surface area (Å²) < 4.78 is 13.2. The quantitative estimate of drug-likeness (QED) is 0.857. The molecule has 0 aliphatic heterocycles. The average Bonchev–Trinajstić information content (AvgIpc) is 2.25. The Labute approximate surface area is 100 Å². The minimum atomic E-state index is -0.810. The molecule has 3 N–H and O–H groups in total. The van der Waals surface area contributed by atoms with E-state index in [-0.39, 0.29) is 5.02 Å². The average molecular weight is 246 g/mol. The zero-order valence-corrected chi connectivity index (χ0v) is 10.3. The first-order chi connectivity index (χ1) is 7.42. The van der Waals surface area contributed by atoms with Gasteiger partial charge in [-0.3, -0.25) is 0 Å². The van der Waals surface area contributed by atoms with Crippen LogP contribution in [0, 0.1) is 11.2 Å². The molecule has 0 saturated carbocycles. The van der Waals surface area contributed by atoms with E-state index in [2.05, 4.69) is 0 Å². The number of aliphatic hydroxyl groups excluding tert-OH is 1. The lowest BCUT2D eigenvalue weighted by Crippen LogP contribution is -2.33. The molecule has 1 aromatic rings. The normalized spacial score (nSPS) is 16.9. The summed E-state index contributed by atoms with van der Waals surface area (Å²) in [5.41, 5.74) is 5.66. The van der Waals surface area contributed by atoms with Gasteiger partial charge in [-0.15, -0.1) is 0 Å². The second-order valence-corrected chi connectivity index (χ2v) is 4.75. The topological polar surface area (TPSA) is 46.2 Å². The van der Waals surface area contributed by atoms with Crippen molar-refractivity contribution >= 4 is 11.6 Å². The van der Waals surface area contributed by atoms with Crippen molar-refractivity contribution in [1.82, 2.24) is 0 Å². The van der Waals surface area contributed by atoms with Crippen molar-refractivity contribution < 1.29 is 9.50 Å². The van der Waals surface area contributed by atoms with E-state index in [0.29, 0.717) is 18.5 Å². The fourth-order valence-electron chi connectivity index (χ4n) is 1.58. The first kappa shape index (κ1) is 13.4. The maximum absolute atomic E-state index is 13.2. The summed E-state index contributed by atoms with van der Waals surface area (Å²) in [5, 5.41) is 10.5. The summed E-state index contributed by atoms with van der Waals surface area (Å²) >= 11 is 5.75. The molecule has 2 unspecified atom stereocenters. The molecule has 0 amide bonds. The predicted molar refractivity (Wildman–Crippen MR) is 63.8 cm³/mol. The molecule has 16 heavy (non-hydrogen) atoms. The Balaban J connectivity index is 3.08. The third kappa shape index (κ3) is 2.73. The van der Waals surface area contributed by atoms with Crippen molar-refractivity contribution in [2.75, 3.05) is 6.54 Å². The Hall–Kier alpha value is -0.640. The SMILES string of the molecule is CCC(C)(CN)C(O)c1cc(F)cc(Cl)c1. The van der Waals surface area contributed by atoms with E-state index in [4.69, 9.17) is 17.3 Å². The Bertz CT molecular complexity index is 346. The molecule has 0 aliphatic rings. The molecule has 4 heteroatoms. The van der Waals surface area contributed by atoms with Gasteiger partial charge in [0, 0.05) is 17.0 Å². The second-order valence-electron chi connectivity index (χ2n) is 4.32. The van der Waals surface area contributed by atoms with E-state index in [1.165, 1.54) is 12.1 Å². The van der Waals surface area contributed by atoms with Crippen LogP contribution in [0.5, 0.6) is 0 Å². The lowest BCUT2D eigenvalue weighted by molar-refractivity contribution is 0.0389. The van der Waals surface area contributed by atoms with E-state index in [9.17, 15) is 9.50 Å². The molecule has 90 valence electrons. The summed E-state index contributed by atoms with van der Waals surface area (Å²) in [6.45, 7) is 4.15. The maximum Gasteiger partial charge on any atom is 0.125 e. The van der Waals surface area contributed by atoms with Gasteiger partial charge < -0.3 is 10.8 Å². The van der Waals surface area contributed by atoms with Crippen LogP contribution in [-0.4, -0.2) is 11.7 Å². The zero-order valence-electron chi connectivity index (χ0n) is 9.50. The Kier molecular flexibility index (Phi) is 4.30. The second kappa shape index (κ2) is 5.13. The smallest absolute Gasteiger partial charge is 0.125 e. The molecule has 0 radical (unpaired) electrons. The van der Waals surface area contributed by atoms with Crippen molar-refractivity contribution in [3.63, 3.8) is 0 Å². The van der Waals surface area contributed by atoms with Gasteiger partial charge in [-0.05, 0) is 30.2 Å². The van der Waals surface area contributed by atoms with E-state index in [1.807, 2.05) is 13.8 Å². The lowest BCUT2D eigenvalue weighted by Gasteiger charge is -2.32. The van der Waals surface area contributed by atoms with Crippen LogP contribution in [0.4, 0.5) is 4.39 Å². The number of hydrogen-bond acceptors (Lipinski definition) is 2. The van der Waals surface area contributed by atoms with Gasteiger partial charge >= 0.3 is 0 Å². The summed E-state index contributed by atoms with van der Waals surface area (Å²) in [6.07, 6.45) is -0.102. The molecule has 0 saturated heterocycles. The Morgan fingerprint density at radius 3 is 2.56 bits per heavy atom. The molecule has 0 fully saturated rings. The van der Waals surface area contributed by atoms with Gasteiger partial charge in [-0.25, -0.2) is 4.39 Å². The fourth-order valence-corrected chi connectivity index (χ4v) is 1.81. The van der Waals surface area contributed by atoms with E-state index < -0.39 is 17.3 Å². The number of nitrogens with two attached hydrogens (primary N) is 1. The molecule has 0 aliphatic carbocycles. The highest BCUT2D eigenvalue weighted by molar-refractivity contribution is 6.30. The van der Waals surface area contributed by atoms with Crippen LogP contribution in [0.2, 0.25) is 5.02 Å². The highest BCUT2D eigenvalue weighted by Gasteiger charge is 2.31. The number of halogens is 2.